The van der Waals surface area contributed by atoms with E-state index in [0.29, 0.717) is 36.2 Å². The monoisotopic (exact) mass is 371 g/mol. The zero-order valence-corrected chi connectivity index (χ0v) is 15.5. The molecule has 0 bridgehead atoms. The molecule has 7 nitrogen and oxygen atoms in total. The number of guanidine groups is 1. The minimum Gasteiger partial charge on any atom is -0.497 e. The van der Waals surface area contributed by atoms with Crippen molar-refractivity contribution in [3.05, 3.63) is 42.5 Å². The van der Waals surface area contributed by atoms with Gasteiger partial charge in [-0.15, -0.1) is 0 Å². The second kappa shape index (κ2) is 8.39. The topological polar surface area (TPSA) is 93.8 Å². The lowest BCUT2D eigenvalue weighted by Gasteiger charge is -2.12. The molecule has 2 aromatic carbocycles. The van der Waals surface area contributed by atoms with Crippen molar-refractivity contribution in [1.29, 1.82) is 0 Å². The van der Waals surface area contributed by atoms with Crippen LogP contribution in [-0.2, 0) is 0 Å². The van der Waals surface area contributed by atoms with E-state index in [1.807, 2.05) is 30.3 Å². The van der Waals surface area contributed by atoms with Gasteiger partial charge < -0.3 is 25.8 Å². The first-order chi connectivity index (χ1) is 12.7. The molecule has 26 heavy (non-hydrogen) atoms. The molecule has 3 aromatic rings. The van der Waals surface area contributed by atoms with Crippen molar-refractivity contribution in [1.82, 2.24) is 4.98 Å². The molecule has 136 valence electrons. The number of hydrogen-bond acceptors (Lipinski definition) is 6. The molecule has 1 heterocycles. The Hall–Kier alpha value is -3.00. The summed E-state index contributed by atoms with van der Waals surface area (Å²) in [5.41, 5.74) is 7.66. The molecule has 8 heteroatoms. The average molecular weight is 371 g/mol. The van der Waals surface area contributed by atoms with Crippen LogP contribution < -0.4 is 25.8 Å². The van der Waals surface area contributed by atoms with Gasteiger partial charge >= 0.3 is 0 Å². The summed E-state index contributed by atoms with van der Waals surface area (Å²) in [5.74, 6) is 1.68. The summed E-state index contributed by atoms with van der Waals surface area (Å²) in [6.07, 6.45) is 0. The van der Waals surface area contributed by atoms with Crippen LogP contribution in [0, 0.1) is 0 Å². The minimum absolute atomic E-state index is 0.308. The number of ether oxygens (including phenoxy) is 2. The van der Waals surface area contributed by atoms with Crippen LogP contribution in [0.15, 0.2) is 47.5 Å². The number of anilines is 2. The molecule has 0 unspecified atom stereocenters. The van der Waals surface area contributed by atoms with Crippen molar-refractivity contribution in [3.8, 4) is 11.5 Å². The Morgan fingerprint density at radius 1 is 1.19 bits per heavy atom. The molecular formula is C18H21N5O2S. The number of nitrogens with two attached hydrogens (primary N) is 1. The highest BCUT2D eigenvalue weighted by Gasteiger charge is 2.06. The molecular weight excluding hydrogens is 350 g/mol. The molecule has 0 atom stereocenters. The summed E-state index contributed by atoms with van der Waals surface area (Å²) in [5, 5.41) is 7.18. The average Bonchev–Trinajstić information content (AvgIpc) is 3.08. The predicted octanol–water partition coefficient (Wildman–Crippen LogP) is 3.15. The molecule has 0 fully saturated rings. The van der Waals surface area contributed by atoms with E-state index in [0.717, 1.165) is 15.3 Å². The third-order valence-electron chi connectivity index (χ3n) is 3.63. The van der Waals surface area contributed by atoms with Gasteiger partial charge in [0, 0.05) is 12.6 Å². The second-order valence-corrected chi connectivity index (χ2v) is 6.40. The summed E-state index contributed by atoms with van der Waals surface area (Å²) in [6, 6.07) is 13.5. The first kappa shape index (κ1) is 17.8. The second-order valence-electron chi connectivity index (χ2n) is 5.37. The molecule has 0 saturated heterocycles. The molecule has 0 aliphatic carbocycles. The summed E-state index contributed by atoms with van der Waals surface area (Å²) in [6.45, 7) is 1.15. The molecule has 0 amide bonds. The fraction of sp³-hybridized carbons (Fsp3) is 0.222. The standard InChI is InChI=1S/C18H21N5O2S/c1-24-12-7-8-15(25-2)14(11-12)22-17(19)20-9-10-21-18-23-13-5-3-4-6-16(13)26-18/h3-8,11H,9-10H2,1-2H3,(H,21,23)(H3,19,20,22). The van der Waals surface area contributed by atoms with Gasteiger partial charge in [-0.1, -0.05) is 23.5 Å². The van der Waals surface area contributed by atoms with Gasteiger partial charge in [-0.05, 0) is 24.3 Å². The number of fused-ring (bicyclic) bond motifs is 1. The lowest BCUT2D eigenvalue weighted by atomic mass is 10.2. The Morgan fingerprint density at radius 2 is 2.04 bits per heavy atom. The zero-order chi connectivity index (χ0) is 18.4. The van der Waals surface area contributed by atoms with Crippen LogP contribution in [0.5, 0.6) is 11.5 Å². The number of nitrogens with zero attached hydrogens (tertiary/aromatic N) is 2. The number of rotatable bonds is 7. The van der Waals surface area contributed by atoms with E-state index in [4.69, 9.17) is 15.2 Å². The van der Waals surface area contributed by atoms with E-state index >= 15 is 0 Å². The number of hydrogen-bond donors (Lipinski definition) is 3. The first-order valence-electron chi connectivity index (χ1n) is 8.08. The summed E-state index contributed by atoms with van der Waals surface area (Å²) >= 11 is 1.62. The fourth-order valence-corrected chi connectivity index (χ4v) is 3.27. The Kier molecular flexibility index (Phi) is 5.75. The van der Waals surface area contributed by atoms with Gasteiger partial charge in [-0.2, -0.15) is 0 Å². The summed E-state index contributed by atoms with van der Waals surface area (Å²) < 4.78 is 11.7. The van der Waals surface area contributed by atoms with Crippen LogP contribution in [-0.4, -0.2) is 38.3 Å². The van der Waals surface area contributed by atoms with Gasteiger partial charge in [-0.3, -0.25) is 4.99 Å². The molecule has 4 N–H and O–H groups in total. The lowest BCUT2D eigenvalue weighted by Crippen LogP contribution is -2.24. The molecule has 0 aliphatic rings. The number of aromatic nitrogens is 1. The van der Waals surface area contributed by atoms with Crippen LogP contribution in [0.3, 0.4) is 0 Å². The Labute approximate surface area is 155 Å². The molecule has 0 aliphatic heterocycles. The maximum atomic E-state index is 5.96. The van der Waals surface area contributed by atoms with Gasteiger partial charge in [0.15, 0.2) is 11.1 Å². The highest BCUT2D eigenvalue weighted by molar-refractivity contribution is 7.22. The van der Waals surface area contributed by atoms with E-state index in [9.17, 15) is 0 Å². The Balaban J connectivity index is 1.55. The van der Waals surface area contributed by atoms with Gasteiger partial charge in [0.2, 0.25) is 0 Å². The number of methoxy groups -OCH3 is 2. The summed E-state index contributed by atoms with van der Waals surface area (Å²) in [7, 11) is 3.21. The van der Waals surface area contributed by atoms with Gasteiger partial charge in [0.25, 0.3) is 0 Å². The van der Waals surface area contributed by atoms with E-state index in [1.54, 1.807) is 31.6 Å². The SMILES string of the molecule is COc1ccc(OC)c(NC(N)=NCCNc2nc3ccccc3s2)c1. The number of thiazole rings is 1. The van der Waals surface area contributed by atoms with Gasteiger partial charge in [-0.25, -0.2) is 4.98 Å². The normalized spacial score (nSPS) is 11.4. The minimum atomic E-state index is 0.308. The number of nitrogens with one attached hydrogen (secondary N) is 2. The van der Waals surface area contributed by atoms with Crippen molar-refractivity contribution < 1.29 is 9.47 Å². The van der Waals surface area contributed by atoms with Crippen molar-refractivity contribution in [3.63, 3.8) is 0 Å². The maximum absolute atomic E-state index is 5.96. The quantitative estimate of drug-likeness (QED) is 0.336. The third-order valence-corrected chi connectivity index (χ3v) is 4.63. The predicted molar refractivity (Wildman–Crippen MR) is 108 cm³/mol. The van der Waals surface area contributed by atoms with Crippen molar-refractivity contribution >= 4 is 38.3 Å². The number of benzene rings is 2. The molecule has 0 saturated carbocycles. The van der Waals surface area contributed by atoms with E-state index in [-0.39, 0.29) is 0 Å². The Bertz CT molecular complexity index is 876. The lowest BCUT2D eigenvalue weighted by molar-refractivity contribution is 0.405. The number of aliphatic imine (C=N–C) groups is 1. The fourth-order valence-electron chi connectivity index (χ4n) is 2.38. The smallest absolute Gasteiger partial charge is 0.193 e. The molecule has 0 spiro atoms. The molecule has 1 aromatic heterocycles. The largest absolute Gasteiger partial charge is 0.497 e. The van der Waals surface area contributed by atoms with Crippen molar-refractivity contribution in [2.45, 2.75) is 0 Å². The van der Waals surface area contributed by atoms with E-state index in [1.165, 1.54) is 0 Å². The zero-order valence-electron chi connectivity index (χ0n) is 14.7. The van der Waals surface area contributed by atoms with Crippen LogP contribution >= 0.6 is 11.3 Å². The third kappa shape index (κ3) is 4.34. The Morgan fingerprint density at radius 3 is 2.81 bits per heavy atom. The number of para-hydroxylation sites is 1. The van der Waals surface area contributed by atoms with Gasteiger partial charge in [0.1, 0.15) is 11.5 Å². The van der Waals surface area contributed by atoms with Crippen LogP contribution in [0.4, 0.5) is 10.8 Å². The first-order valence-corrected chi connectivity index (χ1v) is 8.89. The van der Waals surface area contributed by atoms with E-state index < -0.39 is 0 Å². The maximum Gasteiger partial charge on any atom is 0.193 e. The highest BCUT2D eigenvalue weighted by Crippen LogP contribution is 2.28. The van der Waals surface area contributed by atoms with Gasteiger partial charge in [0.05, 0.1) is 36.7 Å². The van der Waals surface area contributed by atoms with Crippen LogP contribution in [0.25, 0.3) is 10.2 Å². The van der Waals surface area contributed by atoms with Crippen LogP contribution in [0.1, 0.15) is 0 Å². The van der Waals surface area contributed by atoms with Crippen LogP contribution in [0.2, 0.25) is 0 Å². The highest BCUT2D eigenvalue weighted by atomic mass is 32.1. The molecule has 0 radical (unpaired) electrons. The van der Waals surface area contributed by atoms with E-state index in [2.05, 4.69) is 26.7 Å². The molecule has 3 rings (SSSR count). The summed E-state index contributed by atoms with van der Waals surface area (Å²) in [4.78, 5) is 8.84. The van der Waals surface area contributed by atoms with Crippen molar-refractivity contribution in [2.24, 2.45) is 10.7 Å². The van der Waals surface area contributed by atoms with Crippen molar-refractivity contribution in [2.75, 3.05) is 37.9 Å².